The van der Waals surface area contributed by atoms with E-state index in [2.05, 4.69) is 4.98 Å². The number of ketones is 2. The lowest BCUT2D eigenvalue weighted by atomic mass is 9.81. The number of nitrogens with zero attached hydrogens (tertiary/aromatic N) is 1. The first kappa shape index (κ1) is 21.9. The fraction of sp³-hybridized carbons (Fsp3) is 0.591. The molecule has 1 aromatic rings. The number of nitrogens with one attached hydrogen (secondary N) is 1. The summed E-state index contributed by atoms with van der Waals surface area (Å²) in [5, 5.41) is 0. The third kappa shape index (κ3) is 3.59. The van der Waals surface area contributed by atoms with E-state index >= 15 is 0 Å². The first-order valence-electron chi connectivity index (χ1n) is 10.4. The molecule has 0 aromatic carbocycles. The Morgan fingerprint density at radius 3 is 2.03 bits per heavy atom. The van der Waals surface area contributed by atoms with Crippen LogP contribution in [0.4, 0.5) is 0 Å². The average Bonchev–Trinajstić information content (AvgIpc) is 3.13. The molecule has 1 aromatic heterocycles. The van der Waals surface area contributed by atoms with Crippen LogP contribution < -0.4 is 0 Å². The zero-order valence-corrected chi connectivity index (χ0v) is 18.0. The number of hydrogen-bond acceptors (Lipinski definition) is 6. The molecule has 1 aliphatic heterocycles. The number of amides is 2. The number of Topliss-reactive ketones (excluding diaryl/α,β-unsaturated/α-hetero) is 2. The molecule has 8 nitrogen and oxygen atoms in total. The second kappa shape index (κ2) is 8.16. The number of carbonyl (C=O) groups is 5. The van der Waals surface area contributed by atoms with Crippen molar-refractivity contribution in [3.63, 3.8) is 0 Å². The monoisotopic (exact) mass is 416 g/mol. The van der Waals surface area contributed by atoms with Gasteiger partial charge in [0.1, 0.15) is 6.04 Å². The molecular weight excluding hydrogens is 388 g/mol. The Hall–Kier alpha value is -2.77. The first-order chi connectivity index (χ1) is 14.1. The molecule has 2 aliphatic rings. The van der Waals surface area contributed by atoms with Crippen LogP contribution in [0.15, 0.2) is 0 Å². The highest BCUT2D eigenvalue weighted by atomic mass is 16.5. The molecule has 0 radical (unpaired) electrons. The molecular formula is C22H28N2O6. The minimum Gasteiger partial charge on any atom is -0.453 e. The molecule has 0 spiro atoms. The average molecular weight is 416 g/mol. The lowest BCUT2D eigenvalue weighted by molar-refractivity contribution is -0.159. The summed E-state index contributed by atoms with van der Waals surface area (Å²) in [5.41, 5.74) is 1.74. The number of aromatic amines is 1. The van der Waals surface area contributed by atoms with E-state index in [1.807, 2.05) is 0 Å². The van der Waals surface area contributed by atoms with E-state index in [4.69, 9.17) is 4.74 Å². The predicted molar refractivity (Wildman–Crippen MR) is 107 cm³/mol. The topological polar surface area (TPSA) is 114 Å². The van der Waals surface area contributed by atoms with Crippen LogP contribution in [0.3, 0.4) is 0 Å². The smallest absolute Gasteiger partial charge is 0.329 e. The van der Waals surface area contributed by atoms with Crippen molar-refractivity contribution in [1.29, 1.82) is 0 Å². The zero-order chi connectivity index (χ0) is 22.3. The number of aromatic nitrogens is 1. The van der Waals surface area contributed by atoms with Gasteiger partial charge in [0.2, 0.25) is 17.6 Å². The molecule has 162 valence electrons. The number of aryl methyl sites for hydroxylation is 1. The van der Waals surface area contributed by atoms with Crippen LogP contribution in [0, 0.1) is 25.7 Å². The standard InChI is InChI=1S/C22H28N2O6/c1-10-17(13(4)25)11(2)23-18(10)19(26)14(5)30-22(29)12(3)24-20(27)15-8-6-7-9-16(15)21(24)28/h12,14-16,23H,6-9H2,1-5H3/t12-,14-,15-,16-/m0/s1. The zero-order valence-electron chi connectivity index (χ0n) is 18.0. The second-order valence-corrected chi connectivity index (χ2v) is 8.34. The van der Waals surface area contributed by atoms with Gasteiger partial charge in [-0.3, -0.25) is 24.1 Å². The van der Waals surface area contributed by atoms with Gasteiger partial charge in [0.15, 0.2) is 11.9 Å². The van der Waals surface area contributed by atoms with E-state index in [1.54, 1.807) is 13.8 Å². The molecule has 1 N–H and O–H groups in total. The van der Waals surface area contributed by atoms with Gasteiger partial charge in [-0.1, -0.05) is 12.8 Å². The summed E-state index contributed by atoms with van der Waals surface area (Å²) >= 11 is 0. The number of imide groups is 1. The van der Waals surface area contributed by atoms with Crippen LogP contribution in [0.1, 0.15) is 78.6 Å². The van der Waals surface area contributed by atoms with Crippen molar-refractivity contribution in [2.24, 2.45) is 11.8 Å². The van der Waals surface area contributed by atoms with Gasteiger partial charge in [-0.2, -0.15) is 0 Å². The minimum atomic E-state index is -1.13. The molecule has 8 heteroatoms. The largest absolute Gasteiger partial charge is 0.453 e. The predicted octanol–water partition coefficient (Wildman–Crippen LogP) is 2.51. The maximum atomic E-state index is 12.8. The van der Waals surface area contributed by atoms with Crippen LogP contribution in [0.25, 0.3) is 0 Å². The summed E-state index contributed by atoms with van der Waals surface area (Å²) in [6.45, 7) is 7.66. The van der Waals surface area contributed by atoms with E-state index in [9.17, 15) is 24.0 Å². The van der Waals surface area contributed by atoms with Crippen molar-refractivity contribution in [3.05, 3.63) is 22.5 Å². The molecule has 30 heavy (non-hydrogen) atoms. The van der Waals surface area contributed by atoms with Crippen LogP contribution in [0.2, 0.25) is 0 Å². The highest BCUT2D eigenvalue weighted by Crippen LogP contribution is 2.39. The third-order valence-corrected chi connectivity index (χ3v) is 6.30. The quantitative estimate of drug-likeness (QED) is 0.433. The number of H-pyrrole nitrogens is 1. The van der Waals surface area contributed by atoms with Crippen LogP contribution in [-0.4, -0.2) is 51.4 Å². The van der Waals surface area contributed by atoms with Crippen LogP contribution >= 0.6 is 0 Å². The van der Waals surface area contributed by atoms with E-state index < -0.39 is 23.9 Å². The highest BCUT2D eigenvalue weighted by molar-refractivity contribution is 6.08. The van der Waals surface area contributed by atoms with Gasteiger partial charge in [-0.25, -0.2) is 4.79 Å². The summed E-state index contributed by atoms with van der Waals surface area (Å²) in [6, 6.07) is -1.09. The van der Waals surface area contributed by atoms with Crippen molar-refractivity contribution in [3.8, 4) is 0 Å². The van der Waals surface area contributed by atoms with Gasteiger partial charge in [-0.05, 0) is 53.0 Å². The van der Waals surface area contributed by atoms with Gasteiger partial charge in [0.05, 0.1) is 17.5 Å². The minimum absolute atomic E-state index is 0.161. The number of rotatable bonds is 6. The molecule has 1 saturated heterocycles. The Morgan fingerprint density at radius 2 is 1.57 bits per heavy atom. The van der Waals surface area contributed by atoms with Gasteiger partial charge in [0, 0.05) is 11.3 Å². The van der Waals surface area contributed by atoms with Crippen molar-refractivity contribution in [2.75, 3.05) is 0 Å². The van der Waals surface area contributed by atoms with Gasteiger partial charge in [-0.15, -0.1) is 0 Å². The fourth-order valence-corrected chi connectivity index (χ4v) is 4.73. The number of ether oxygens (including phenoxy) is 1. The normalized spacial score (nSPS) is 23.2. The molecule has 3 rings (SSSR count). The van der Waals surface area contributed by atoms with E-state index in [1.165, 1.54) is 20.8 Å². The van der Waals surface area contributed by atoms with Crippen molar-refractivity contribution in [1.82, 2.24) is 9.88 Å². The number of carbonyl (C=O) groups excluding carboxylic acids is 5. The SMILES string of the molecule is CC(=O)c1c(C)[nH]c(C(=O)[C@H](C)OC(=O)[C@H](C)N2C(=O)[C@H]3CCCC[C@@H]3C2=O)c1C. The van der Waals surface area contributed by atoms with Crippen LogP contribution in [-0.2, 0) is 19.1 Å². The molecule has 1 aliphatic carbocycles. The summed E-state index contributed by atoms with van der Waals surface area (Å²) in [4.78, 5) is 66.5. The Kier molecular flexibility index (Phi) is 5.97. The molecule has 0 bridgehead atoms. The molecule has 2 amide bonds. The van der Waals surface area contributed by atoms with Crippen molar-refractivity contribution in [2.45, 2.75) is 72.4 Å². The summed E-state index contributed by atoms with van der Waals surface area (Å²) in [6.07, 6.45) is 1.98. The maximum Gasteiger partial charge on any atom is 0.329 e. The molecule has 0 unspecified atom stereocenters. The number of fused-ring (bicyclic) bond motifs is 1. The van der Waals surface area contributed by atoms with E-state index in [0.29, 0.717) is 29.7 Å². The number of likely N-dealkylation sites (tertiary alicyclic amines) is 1. The number of hydrogen-bond donors (Lipinski definition) is 1. The van der Waals surface area contributed by atoms with Gasteiger partial charge in [0.25, 0.3) is 0 Å². The maximum absolute atomic E-state index is 12.8. The Bertz CT molecular complexity index is 906. The third-order valence-electron chi connectivity index (χ3n) is 6.30. The van der Waals surface area contributed by atoms with Crippen LogP contribution in [0.5, 0.6) is 0 Å². The first-order valence-corrected chi connectivity index (χ1v) is 10.4. The van der Waals surface area contributed by atoms with Crippen molar-refractivity contribution < 1.29 is 28.7 Å². The fourth-order valence-electron chi connectivity index (χ4n) is 4.73. The van der Waals surface area contributed by atoms with E-state index in [0.717, 1.165) is 17.7 Å². The second-order valence-electron chi connectivity index (χ2n) is 8.34. The molecule has 2 heterocycles. The van der Waals surface area contributed by atoms with Crippen molar-refractivity contribution >= 4 is 29.4 Å². The van der Waals surface area contributed by atoms with E-state index in [-0.39, 0.29) is 35.1 Å². The number of esters is 1. The Balaban J connectivity index is 1.72. The molecule has 1 saturated carbocycles. The highest BCUT2D eigenvalue weighted by Gasteiger charge is 2.51. The lowest BCUT2D eigenvalue weighted by Crippen LogP contribution is -2.45. The lowest BCUT2D eigenvalue weighted by Gasteiger charge is -2.23. The Morgan fingerprint density at radius 1 is 1.03 bits per heavy atom. The molecule has 2 fully saturated rings. The summed E-state index contributed by atoms with van der Waals surface area (Å²) in [5.74, 6) is -2.79. The Labute approximate surface area is 175 Å². The molecule has 4 atom stereocenters. The summed E-state index contributed by atoms with van der Waals surface area (Å²) in [7, 11) is 0. The van der Waals surface area contributed by atoms with Gasteiger partial charge >= 0.3 is 5.97 Å². The summed E-state index contributed by atoms with van der Waals surface area (Å²) < 4.78 is 5.32. The van der Waals surface area contributed by atoms with Gasteiger partial charge < -0.3 is 9.72 Å².